The Bertz CT molecular complexity index is 935. The van der Waals surface area contributed by atoms with Gasteiger partial charge < -0.3 is 10.2 Å². The monoisotopic (exact) mass is 362 g/mol. The third-order valence-electron chi connectivity index (χ3n) is 4.30. The maximum atomic E-state index is 12.8. The van der Waals surface area contributed by atoms with Crippen molar-refractivity contribution in [3.05, 3.63) is 60.3 Å². The third kappa shape index (κ3) is 3.71. The quantitative estimate of drug-likeness (QED) is 0.751. The number of likely N-dealkylation sites (tertiary alicyclic amines) is 1. The molecule has 3 aromatic rings. The van der Waals surface area contributed by atoms with Crippen LogP contribution in [0, 0.1) is 6.92 Å². The van der Waals surface area contributed by atoms with Gasteiger partial charge in [-0.2, -0.15) is 0 Å². The smallest absolute Gasteiger partial charge is 0.274 e. The minimum Gasteiger partial charge on any atom is -0.329 e. The molecule has 1 unspecified atom stereocenters. The van der Waals surface area contributed by atoms with E-state index in [1.165, 1.54) is 12.4 Å². The van der Waals surface area contributed by atoms with Crippen molar-refractivity contribution in [3.63, 3.8) is 0 Å². The first-order valence-electron chi connectivity index (χ1n) is 8.67. The Morgan fingerprint density at radius 3 is 2.78 bits per heavy atom. The second kappa shape index (κ2) is 7.40. The highest BCUT2D eigenvalue weighted by Crippen LogP contribution is 2.32. The Hall–Kier alpha value is -3.49. The molecule has 4 heterocycles. The van der Waals surface area contributed by atoms with E-state index < -0.39 is 0 Å². The minimum absolute atomic E-state index is 0.126. The van der Waals surface area contributed by atoms with Crippen LogP contribution in [0.25, 0.3) is 0 Å². The average molecular weight is 362 g/mol. The van der Waals surface area contributed by atoms with Gasteiger partial charge in [0, 0.05) is 37.4 Å². The summed E-state index contributed by atoms with van der Waals surface area (Å²) in [7, 11) is 0. The molecule has 0 aliphatic carbocycles. The van der Waals surface area contributed by atoms with E-state index in [9.17, 15) is 4.79 Å². The lowest BCUT2D eigenvalue weighted by molar-refractivity contribution is 0.0726. The molecule has 4 rings (SSSR count). The van der Waals surface area contributed by atoms with Crippen molar-refractivity contribution in [2.75, 3.05) is 11.9 Å². The van der Waals surface area contributed by atoms with Crippen LogP contribution in [0.3, 0.4) is 0 Å². The fourth-order valence-corrected chi connectivity index (χ4v) is 3.18. The number of nitrogens with zero attached hydrogens (tertiary/aromatic N) is 7. The van der Waals surface area contributed by atoms with E-state index in [2.05, 4.69) is 35.2 Å². The van der Waals surface area contributed by atoms with E-state index in [-0.39, 0.29) is 11.9 Å². The van der Waals surface area contributed by atoms with Gasteiger partial charge in [-0.1, -0.05) is 0 Å². The van der Waals surface area contributed by atoms with Crippen LogP contribution in [0.1, 0.15) is 40.9 Å². The number of carbonyl (C=O) groups is 1. The molecule has 1 aliphatic rings. The fourth-order valence-electron chi connectivity index (χ4n) is 3.18. The van der Waals surface area contributed by atoms with E-state index >= 15 is 0 Å². The highest BCUT2D eigenvalue weighted by Gasteiger charge is 2.32. The van der Waals surface area contributed by atoms with Gasteiger partial charge >= 0.3 is 0 Å². The summed E-state index contributed by atoms with van der Waals surface area (Å²) >= 11 is 0. The molecule has 0 bridgehead atoms. The first-order chi connectivity index (χ1) is 13.2. The standard InChI is InChI=1S/C18H18N8O/c1-12-23-13(10-16(24-12)25-18-21-5-3-6-22-18)15-4-2-9-26(15)17(27)14-11-19-7-8-20-14/h3,5-8,10-11,15H,2,4,9H2,1H3,(H,21,22,23,24,25). The van der Waals surface area contributed by atoms with E-state index in [0.717, 1.165) is 18.5 Å². The maximum absolute atomic E-state index is 12.8. The van der Waals surface area contributed by atoms with Crippen molar-refractivity contribution >= 4 is 17.7 Å². The van der Waals surface area contributed by atoms with Gasteiger partial charge in [0.05, 0.1) is 17.9 Å². The molecule has 0 spiro atoms. The number of anilines is 2. The molecule has 1 aliphatic heterocycles. The molecule has 1 saturated heterocycles. The van der Waals surface area contributed by atoms with Crippen LogP contribution in [0.2, 0.25) is 0 Å². The Balaban J connectivity index is 1.61. The third-order valence-corrected chi connectivity index (χ3v) is 4.30. The molecule has 0 aromatic carbocycles. The maximum Gasteiger partial charge on any atom is 0.274 e. The summed E-state index contributed by atoms with van der Waals surface area (Å²) in [5.41, 5.74) is 1.13. The van der Waals surface area contributed by atoms with E-state index in [1.54, 1.807) is 29.6 Å². The molecule has 0 saturated carbocycles. The van der Waals surface area contributed by atoms with Gasteiger partial charge in [0.15, 0.2) is 0 Å². The first kappa shape index (κ1) is 17.0. The summed E-state index contributed by atoms with van der Waals surface area (Å²) in [5.74, 6) is 1.54. The molecule has 1 atom stereocenters. The molecule has 3 aromatic heterocycles. The molecule has 1 amide bonds. The van der Waals surface area contributed by atoms with E-state index in [4.69, 9.17) is 0 Å². The predicted octanol–water partition coefficient (Wildman–Crippen LogP) is 2.09. The van der Waals surface area contributed by atoms with Crippen molar-refractivity contribution in [2.45, 2.75) is 25.8 Å². The molecular formula is C18H18N8O. The number of nitrogens with one attached hydrogen (secondary N) is 1. The number of hydrogen-bond acceptors (Lipinski definition) is 8. The molecule has 136 valence electrons. The van der Waals surface area contributed by atoms with Crippen molar-refractivity contribution in [1.29, 1.82) is 0 Å². The number of aromatic nitrogens is 6. The molecular weight excluding hydrogens is 344 g/mol. The van der Waals surface area contributed by atoms with Gasteiger partial charge in [0.25, 0.3) is 5.91 Å². The molecule has 27 heavy (non-hydrogen) atoms. The van der Waals surface area contributed by atoms with Crippen LogP contribution >= 0.6 is 0 Å². The van der Waals surface area contributed by atoms with Crippen LogP contribution in [0.15, 0.2) is 43.1 Å². The Kier molecular flexibility index (Phi) is 4.65. The van der Waals surface area contributed by atoms with E-state index in [1.807, 2.05) is 13.0 Å². The summed E-state index contributed by atoms with van der Waals surface area (Å²) in [6.45, 7) is 2.48. The second-order valence-electron chi connectivity index (χ2n) is 6.17. The van der Waals surface area contributed by atoms with Gasteiger partial charge in [-0.3, -0.25) is 9.78 Å². The minimum atomic E-state index is -0.136. The van der Waals surface area contributed by atoms with Crippen molar-refractivity contribution in [3.8, 4) is 0 Å². The Morgan fingerprint density at radius 2 is 2.00 bits per heavy atom. The van der Waals surface area contributed by atoms with Gasteiger partial charge in [0.1, 0.15) is 17.3 Å². The molecule has 9 heteroatoms. The Morgan fingerprint density at radius 1 is 1.15 bits per heavy atom. The number of carbonyl (C=O) groups excluding carboxylic acids is 1. The van der Waals surface area contributed by atoms with Gasteiger partial charge in [-0.15, -0.1) is 0 Å². The second-order valence-corrected chi connectivity index (χ2v) is 6.17. The summed E-state index contributed by atoms with van der Waals surface area (Å²) in [6.07, 6.45) is 9.62. The number of hydrogen-bond donors (Lipinski definition) is 1. The fraction of sp³-hybridized carbons (Fsp3) is 0.278. The van der Waals surface area contributed by atoms with E-state index in [0.29, 0.717) is 29.8 Å². The number of rotatable bonds is 4. The van der Waals surface area contributed by atoms with Gasteiger partial charge in [-0.25, -0.2) is 24.9 Å². The molecule has 1 fully saturated rings. The lowest BCUT2D eigenvalue weighted by Crippen LogP contribution is -2.31. The molecule has 9 nitrogen and oxygen atoms in total. The van der Waals surface area contributed by atoms with Crippen LogP contribution in [-0.4, -0.2) is 47.3 Å². The van der Waals surface area contributed by atoms with Crippen molar-refractivity contribution < 1.29 is 4.79 Å². The molecule has 0 radical (unpaired) electrons. The number of aryl methyl sites for hydroxylation is 1. The zero-order chi connectivity index (χ0) is 18.6. The summed E-state index contributed by atoms with van der Waals surface area (Å²) in [6, 6.07) is 3.46. The largest absolute Gasteiger partial charge is 0.329 e. The van der Waals surface area contributed by atoms with Crippen LogP contribution in [0.5, 0.6) is 0 Å². The van der Waals surface area contributed by atoms with Crippen molar-refractivity contribution in [2.24, 2.45) is 0 Å². The highest BCUT2D eigenvalue weighted by atomic mass is 16.2. The summed E-state index contributed by atoms with van der Waals surface area (Å²) in [5, 5.41) is 3.09. The normalized spacial score (nSPS) is 16.3. The zero-order valence-electron chi connectivity index (χ0n) is 14.8. The lowest BCUT2D eigenvalue weighted by Gasteiger charge is -2.24. The van der Waals surface area contributed by atoms with Gasteiger partial charge in [0.2, 0.25) is 5.95 Å². The summed E-state index contributed by atoms with van der Waals surface area (Å²) in [4.78, 5) is 40.0. The topological polar surface area (TPSA) is 110 Å². The SMILES string of the molecule is Cc1nc(Nc2ncccn2)cc(C2CCCN2C(=O)c2cnccn2)n1. The highest BCUT2D eigenvalue weighted by molar-refractivity contribution is 5.92. The predicted molar refractivity (Wildman–Crippen MR) is 97.1 cm³/mol. The molecule has 1 N–H and O–H groups in total. The summed E-state index contributed by atoms with van der Waals surface area (Å²) < 4.78 is 0. The first-order valence-corrected chi connectivity index (χ1v) is 8.67. The van der Waals surface area contributed by atoms with Gasteiger partial charge in [-0.05, 0) is 25.8 Å². The lowest BCUT2D eigenvalue weighted by atomic mass is 10.1. The van der Waals surface area contributed by atoms with Crippen LogP contribution < -0.4 is 5.32 Å². The Labute approximate surface area is 156 Å². The average Bonchev–Trinajstić information content (AvgIpc) is 3.18. The van der Waals surface area contributed by atoms with Crippen LogP contribution in [-0.2, 0) is 0 Å². The number of amides is 1. The zero-order valence-corrected chi connectivity index (χ0v) is 14.8. The van der Waals surface area contributed by atoms with Crippen LogP contribution in [0.4, 0.5) is 11.8 Å². The van der Waals surface area contributed by atoms with Crippen molar-refractivity contribution in [1.82, 2.24) is 34.8 Å².